The van der Waals surface area contributed by atoms with E-state index in [1.165, 1.54) is 11.3 Å². The van der Waals surface area contributed by atoms with Gasteiger partial charge in [-0.05, 0) is 44.0 Å². The molecule has 0 saturated heterocycles. The van der Waals surface area contributed by atoms with Crippen LogP contribution in [-0.2, 0) is 14.4 Å². The van der Waals surface area contributed by atoms with E-state index >= 15 is 0 Å². The molecule has 1 aromatic carbocycles. The third-order valence-corrected chi connectivity index (χ3v) is 6.46. The lowest BCUT2D eigenvalue weighted by Gasteiger charge is -2.16. The van der Waals surface area contributed by atoms with Crippen molar-refractivity contribution in [1.29, 1.82) is 0 Å². The molecule has 2 heterocycles. The molecule has 0 bridgehead atoms. The number of aliphatic hydroxyl groups is 1. The second kappa shape index (κ2) is 10.4. The van der Waals surface area contributed by atoms with Crippen LogP contribution in [-0.4, -0.2) is 55.5 Å². The number of benzene rings is 1. The van der Waals surface area contributed by atoms with Gasteiger partial charge in [0.1, 0.15) is 10.8 Å². The second-order valence-electron chi connectivity index (χ2n) is 6.67. The maximum atomic E-state index is 12.7. The van der Waals surface area contributed by atoms with Gasteiger partial charge in [-0.25, -0.2) is 23.7 Å². The topological polar surface area (TPSA) is 138 Å². The standard InChI is InChI=1S/C20H24N6O4S2/c1-4-30-20(28)26-32(3,29)15-7-5-14(6-8-15)24-19-22-11-16(18-21-9-10-31-18)17(25-19)23-13(2)12-27/h5-11,13,27H,3-4,12H2,1-2H3,(H,26,28,29)(H2,22,23,24,25)/t13-,32?/m1/s1. The normalized spacial score (nSPS) is 13.6. The lowest BCUT2D eigenvalue weighted by molar-refractivity contribution is 0.159. The number of hydrogen-bond donors (Lipinski definition) is 4. The molecule has 0 radical (unpaired) electrons. The molecule has 10 nitrogen and oxygen atoms in total. The van der Waals surface area contributed by atoms with Gasteiger partial charge in [-0.1, -0.05) is 0 Å². The average molecular weight is 477 g/mol. The maximum absolute atomic E-state index is 12.7. The lowest BCUT2D eigenvalue weighted by Crippen LogP contribution is -2.30. The van der Waals surface area contributed by atoms with E-state index in [-0.39, 0.29) is 19.3 Å². The van der Waals surface area contributed by atoms with E-state index in [1.54, 1.807) is 43.6 Å². The van der Waals surface area contributed by atoms with Crippen molar-refractivity contribution in [1.82, 2.24) is 19.7 Å². The van der Waals surface area contributed by atoms with Gasteiger partial charge in [0.15, 0.2) is 0 Å². The minimum absolute atomic E-state index is 0.0598. The summed E-state index contributed by atoms with van der Waals surface area (Å²) in [6.07, 6.45) is 2.56. The van der Waals surface area contributed by atoms with Crippen LogP contribution < -0.4 is 15.4 Å². The first kappa shape index (κ1) is 23.4. The number of carbonyl (C=O) groups excluding carboxylic acids is 1. The molecule has 170 valence electrons. The van der Waals surface area contributed by atoms with Crippen LogP contribution in [0.2, 0.25) is 0 Å². The number of ether oxygens (including phenoxy) is 1. The fourth-order valence-electron chi connectivity index (χ4n) is 2.59. The van der Waals surface area contributed by atoms with Crippen molar-refractivity contribution >= 4 is 50.5 Å². The smallest absolute Gasteiger partial charge is 0.418 e. The molecule has 0 spiro atoms. The van der Waals surface area contributed by atoms with Crippen LogP contribution in [0.15, 0.2) is 46.9 Å². The van der Waals surface area contributed by atoms with Crippen molar-refractivity contribution in [2.24, 2.45) is 0 Å². The average Bonchev–Trinajstić information content (AvgIpc) is 3.28. The molecule has 2 aromatic heterocycles. The van der Waals surface area contributed by atoms with Crippen molar-refractivity contribution in [2.45, 2.75) is 24.8 Å². The monoisotopic (exact) mass is 476 g/mol. The van der Waals surface area contributed by atoms with Gasteiger partial charge in [0.2, 0.25) is 5.95 Å². The van der Waals surface area contributed by atoms with E-state index in [2.05, 4.69) is 36.2 Å². The zero-order valence-corrected chi connectivity index (χ0v) is 19.2. The Morgan fingerprint density at radius 3 is 2.69 bits per heavy atom. The lowest BCUT2D eigenvalue weighted by atomic mass is 10.3. The summed E-state index contributed by atoms with van der Waals surface area (Å²) in [7, 11) is -3.05. The van der Waals surface area contributed by atoms with Gasteiger partial charge in [0.05, 0.1) is 28.5 Å². The fourth-order valence-corrected chi connectivity index (χ4v) is 4.26. The van der Waals surface area contributed by atoms with Gasteiger partial charge in [-0.3, -0.25) is 0 Å². The molecule has 0 aliphatic heterocycles. The summed E-state index contributed by atoms with van der Waals surface area (Å²) in [5.41, 5.74) is 1.37. The van der Waals surface area contributed by atoms with Gasteiger partial charge in [-0.15, -0.1) is 11.3 Å². The number of carbonyl (C=O) groups is 1. The Hall–Kier alpha value is -3.22. The van der Waals surface area contributed by atoms with Crippen molar-refractivity contribution in [2.75, 3.05) is 23.8 Å². The number of nitrogens with zero attached hydrogens (tertiary/aromatic N) is 3. The molecular formula is C20H24N6O4S2. The van der Waals surface area contributed by atoms with Crippen LogP contribution in [0, 0.1) is 0 Å². The van der Waals surface area contributed by atoms with Crippen molar-refractivity contribution in [3.8, 4) is 10.6 Å². The molecule has 0 aliphatic rings. The number of anilines is 3. The first-order chi connectivity index (χ1) is 15.3. The van der Waals surface area contributed by atoms with Crippen LogP contribution in [0.4, 0.5) is 22.2 Å². The molecule has 2 atom stereocenters. The molecule has 1 unspecified atom stereocenters. The predicted molar refractivity (Wildman–Crippen MR) is 127 cm³/mol. The van der Waals surface area contributed by atoms with E-state index < -0.39 is 15.8 Å². The van der Waals surface area contributed by atoms with Gasteiger partial charge in [0.25, 0.3) is 0 Å². The van der Waals surface area contributed by atoms with Gasteiger partial charge >= 0.3 is 6.09 Å². The SMILES string of the molecule is C=S(=O)(NC(=O)OCC)c1ccc(Nc2ncc(-c3nccs3)c(N[C@H](C)CO)n2)cc1. The van der Waals surface area contributed by atoms with Crippen molar-refractivity contribution in [3.63, 3.8) is 0 Å². The van der Waals surface area contributed by atoms with E-state index in [0.29, 0.717) is 22.3 Å². The van der Waals surface area contributed by atoms with Gasteiger partial charge in [0, 0.05) is 34.4 Å². The van der Waals surface area contributed by atoms with Gasteiger partial charge < -0.3 is 20.5 Å². The summed E-state index contributed by atoms with van der Waals surface area (Å²) in [6.45, 7) is 3.59. The fraction of sp³-hybridized carbons (Fsp3) is 0.250. The number of hydrogen-bond acceptors (Lipinski definition) is 10. The van der Waals surface area contributed by atoms with Crippen LogP contribution in [0.1, 0.15) is 13.8 Å². The first-order valence-electron chi connectivity index (χ1n) is 9.65. The Balaban J connectivity index is 1.79. The van der Waals surface area contributed by atoms with Crippen molar-refractivity contribution < 1.29 is 18.8 Å². The molecule has 3 aromatic rings. The molecule has 12 heteroatoms. The summed E-state index contributed by atoms with van der Waals surface area (Å²) >= 11 is 1.46. The van der Waals surface area contributed by atoms with E-state index in [0.717, 1.165) is 10.6 Å². The Bertz CT molecular complexity index is 1150. The highest BCUT2D eigenvalue weighted by atomic mass is 32.2. The molecule has 0 saturated carbocycles. The second-order valence-corrected chi connectivity index (χ2v) is 9.59. The third kappa shape index (κ3) is 5.93. The van der Waals surface area contributed by atoms with Crippen LogP contribution in [0.5, 0.6) is 0 Å². The van der Waals surface area contributed by atoms with Crippen LogP contribution in [0.25, 0.3) is 10.6 Å². The summed E-state index contributed by atoms with van der Waals surface area (Å²) in [5, 5.41) is 18.3. The van der Waals surface area contributed by atoms with E-state index in [4.69, 9.17) is 4.74 Å². The molecule has 32 heavy (non-hydrogen) atoms. The van der Waals surface area contributed by atoms with Crippen LogP contribution in [0.3, 0.4) is 0 Å². The zero-order valence-electron chi connectivity index (χ0n) is 17.6. The number of amides is 1. The molecule has 0 fully saturated rings. The Morgan fingerprint density at radius 2 is 2.06 bits per heavy atom. The van der Waals surface area contributed by atoms with Gasteiger partial charge in [-0.2, -0.15) is 4.98 Å². The summed E-state index contributed by atoms with van der Waals surface area (Å²) in [6, 6.07) is 6.30. The summed E-state index contributed by atoms with van der Waals surface area (Å²) in [5.74, 6) is 4.46. The largest absolute Gasteiger partial charge is 0.449 e. The Morgan fingerprint density at radius 1 is 1.31 bits per heavy atom. The summed E-state index contributed by atoms with van der Waals surface area (Å²) in [4.78, 5) is 25.1. The zero-order chi connectivity index (χ0) is 23.1. The first-order valence-corrected chi connectivity index (χ1v) is 12.3. The molecule has 0 aliphatic carbocycles. The highest BCUT2D eigenvalue weighted by molar-refractivity contribution is 7.99. The van der Waals surface area contributed by atoms with Crippen molar-refractivity contribution in [3.05, 3.63) is 42.0 Å². The van der Waals surface area contributed by atoms with E-state index in [1.807, 2.05) is 12.3 Å². The molecule has 3 rings (SSSR count). The minimum Gasteiger partial charge on any atom is -0.449 e. The maximum Gasteiger partial charge on any atom is 0.418 e. The van der Waals surface area contributed by atoms with E-state index in [9.17, 15) is 14.1 Å². The minimum atomic E-state index is -3.05. The number of nitrogens with one attached hydrogen (secondary N) is 3. The molecule has 4 N–H and O–H groups in total. The Kier molecular flexibility index (Phi) is 7.62. The highest BCUT2D eigenvalue weighted by Crippen LogP contribution is 2.29. The Labute approximate surface area is 190 Å². The number of aliphatic hydroxyl groups excluding tert-OH is 1. The quantitative estimate of drug-likeness (QED) is 0.343. The molecular weight excluding hydrogens is 452 g/mol. The molecule has 1 amide bonds. The predicted octanol–water partition coefficient (Wildman–Crippen LogP) is 2.87. The number of thiazole rings is 1. The highest BCUT2D eigenvalue weighted by Gasteiger charge is 2.15. The number of aromatic nitrogens is 3. The number of rotatable bonds is 9. The van der Waals surface area contributed by atoms with Crippen LogP contribution >= 0.6 is 11.3 Å². The summed E-state index contributed by atoms with van der Waals surface area (Å²) < 4.78 is 19.7. The third-order valence-electron chi connectivity index (χ3n) is 4.12.